The maximum atomic E-state index is 11.5. The molecule has 0 saturated heterocycles. The van der Waals surface area contributed by atoms with Crippen LogP contribution in [0.3, 0.4) is 0 Å². The van der Waals surface area contributed by atoms with Gasteiger partial charge in [-0.1, -0.05) is 40.9 Å². The molecule has 0 heterocycles. The molecule has 0 aromatic heterocycles. The minimum absolute atomic E-state index is 0. The first kappa shape index (κ1) is 25.2. The Morgan fingerprint density at radius 3 is 1.97 bits per heavy atom. The number of halogens is 3. The summed E-state index contributed by atoms with van der Waals surface area (Å²) in [6, 6.07) is 7.21. The van der Waals surface area contributed by atoms with E-state index in [2.05, 4.69) is 0 Å². The van der Waals surface area contributed by atoms with E-state index in [-0.39, 0.29) is 23.4 Å². The molecular weight excluding hydrogens is 437 g/mol. The summed E-state index contributed by atoms with van der Waals surface area (Å²) in [5.41, 5.74) is 3.54. The predicted octanol–water partition coefficient (Wildman–Crippen LogP) is 5.51. The number of ether oxygens (including phenoxy) is 2. The van der Waals surface area contributed by atoms with E-state index in [0.29, 0.717) is 35.2 Å². The fourth-order valence-electron chi connectivity index (χ4n) is 3.08. The van der Waals surface area contributed by atoms with Crippen molar-refractivity contribution in [1.82, 2.24) is 4.90 Å². The fraction of sp³-hybridized carbons (Fsp3) is 0.333. The van der Waals surface area contributed by atoms with E-state index < -0.39 is 5.97 Å². The van der Waals surface area contributed by atoms with Gasteiger partial charge in [0.05, 0.1) is 5.02 Å². The van der Waals surface area contributed by atoms with E-state index >= 15 is 0 Å². The van der Waals surface area contributed by atoms with Gasteiger partial charge in [0.1, 0.15) is 5.75 Å². The SMILES string of the molecule is CC(=O)Oc1c(C)cc(C)cc1CN(C)Cc1cc(Cl)cc(Cl)c1OC(C)=O.Cl. The summed E-state index contributed by atoms with van der Waals surface area (Å²) in [5, 5.41) is 0.731. The van der Waals surface area contributed by atoms with Gasteiger partial charge < -0.3 is 9.47 Å². The zero-order valence-corrected chi connectivity index (χ0v) is 19.3. The molecule has 0 fully saturated rings. The normalized spacial score (nSPS) is 10.5. The van der Waals surface area contributed by atoms with E-state index in [0.717, 1.165) is 16.7 Å². The lowest BCUT2D eigenvalue weighted by molar-refractivity contribution is -0.132. The Labute approximate surface area is 187 Å². The molecule has 8 heteroatoms. The second-order valence-corrected chi connectivity index (χ2v) is 7.65. The van der Waals surface area contributed by atoms with Crippen LogP contribution in [-0.4, -0.2) is 23.9 Å². The lowest BCUT2D eigenvalue weighted by atomic mass is 10.0. The van der Waals surface area contributed by atoms with Crippen molar-refractivity contribution in [3.8, 4) is 11.5 Å². The van der Waals surface area contributed by atoms with Gasteiger partial charge in [-0.2, -0.15) is 0 Å². The van der Waals surface area contributed by atoms with Crippen molar-refractivity contribution in [2.45, 2.75) is 40.8 Å². The maximum Gasteiger partial charge on any atom is 0.308 e. The summed E-state index contributed by atoms with van der Waals surface area (Å²) in [4.78, 5) is 24.9. The molecule has 0 amide bonds. The molecule has 158 valence electrons. The number of carbonyl (C=O) groups excluding carboxylic acids is 2. The molecule has 5 nitrogen and oxygen atoms in total. The van der Waals surface area contributed by atoms with Gasteiger partial charge in [0, 0.05) is 43.1 Å². The van der Waals surface area contributed by atoms with Crippen LogP contribution in [0.2, 0.25) is 10.0 Å². The fourth-order valence-corrected chi connectivity index (χ4v) is 3.65. The molecule has 2 aromatic rings. The molecule has 0 radical (unpaired) electrons. The van der Waals surface area contributed by atoms with Crippen molar-refractivity contribution >= 4 is 47.5 Å². The molecule has 0 aliphatic heterocycles. The van der Waals surface area contributed by atoms with E-state index in [9.17, 15) is 9.59 Å². The van der Waals surface area contributed by atoms with Crippen LogP contribution in [0, 0.1) is 13.8 Å². The van der Waals surface area contributed by atoms with Gasteiger partial charge in [0.15, 0.2) is 5.75 Å². The molecule has 0 bridgehead atoms. The molecule has 0 saturated carbocycles. The molecule has 29 heavy (non-hydrogen) atoms. The summed E-state index contributed by atoms with van der Waals surface area (Å²) >= 11 is 12.3. The smallest absolute Gasteiger partial charge is 0.308 e. The monoisotopic (exact) mass is 459 g/mol. The minimum Gasteiger partial charge on any atom is -0.426 e. The Bertz CT molecular complexity index is 842. The largest absolute Gasteiger partial charge is 0.426 e. The van der Waals surface area contributed by atoms with Gasteiger partial charge in [-0.05, 0) is 38.6 Å². The van der Waals surface area contributed by atoms with Crippen molar-refractivity contribution in [1.29, 1.82) is 0 Å². The highest BCUT2D eigenvalue weighted by atomic mass is 35.5. The summed E-state index contributed by atoms with van der Waals surface area (Å²) in [7, 11) is 1.90. The highest BCUT2D eigenvalue weighted by Gasteiger charge is 2.17. The van der Waals surface area contributed by atoms with Crippen molar-refractivity contribution in [2.24, 2.45) is 0 Å². The van der Waals surface area contributed by atoms with Crippen LogP contribution in [0.1, 0.15) is 36.1 Å². The number of nitrogens with zero attached hydrogens (tertiary/aromatic N) is 1. The van der Waals surface area contributed by atoms with Crippen LogP contribution >= 0.6 is 35.6 Å². The van der Waals surface area contributed by atoms with Crippen molar-refractivity contribution < 1.29 is 19.1 Å². The lowest BCUT2D eigenvalue weighted by Gasteiger charge is -2.21. The second-order valence-electron chi connectivity index (χ2n) is 6.81. The highest BCUT2D eigenvalue weighted by Crippen LogP contribution is 2.34. The predicted molar refractivity (Wildman–Crippen MR) is 117 cm³/mol. The molecule has 0 aliphatic carbocycles. The van der Waals surface area contributed by atoms with E-state index in [1.54, 1.807) is 6.07 Å². The Morgan fingerprint density at radius 1 is 0.897 bits per heavy atom. The van der Waals surface area contributed by atoms with Crippen molar-refractivity contribution in [3.05, 3.63) is 56.6 Å². The summed E-state index contributed by atoms with van der Waals surface area (Å²) in [6.45, 7) is 7.53. The third kappa shape index (κ3) is 7.19. The van der Waals surface area contributed by atoms with Crippen LogP contribution in [0.25, 0.3) is 0 Å². The first-order valence-corrected chi connectivity index (χ1v) is 9.45. The van der Waals surface area contributed by atoms with Gasteiger partial charge >= 0.3 is 11.9 Å². The highest BCUT2D eigenvalue weighted by molar-refractivity contribution is 6.35. The van der Waals surface area contributed by atoms with Crippen LogP contribution in [0.5, 0.6) is 11.5 Å². The van der Waals surface area contributed by atoms with Crippen molar-refractivity contribution in [3.63, 3.8) is 0 Å². The van der Waals surface area contributed by atoms with Gasteiger partial charge in [-0.25, -0.2) is 0 Å². The van der Waals surface area contributed by atoms with E-state index in [1.807, 2.05) is 37.9 Å². The number of esters is 2. The Balaban J connectivity index is 0.00000420. The van der Waals surface area contributed by atoms with E-state index in [1.165, 1.54) is 19.9 Å². The third-order valence-electron chi connectivity index (χ3n) is 3.95. The Hall–Kier alpha value is -1.79. The topological polar surface area (TPSA) is 55.8 Å². The minimum atomic E-state index is -0.459. The molecule has 2 rings (SSSR count). The zero-order valence-electron chi connectivity index (χ0n) is 17.0. The Morgan fingerprint density at radius 2 is 1.41 bits per heavy atom. The van der Waals surface area contributed by atoms with Crippen LogP contribution < -0.4 is 9.47 Å². The molecule has 0 N–H and O–H groups in total. The quantitative estimate of drug-likeness (QED) is 0.420. The number of rotatable bonds is 6. The number of benzene rings is 2. The van der Waals surface area contributed by atoms with Gasteiger partial charge in [-0.3, -0.25) is 14.5 Å². The number of hydrogen-bond donors (Lipinski definition) is 0. The number of hydrogen-bond acceptors (Lipinski definition) is 5. The molecule has 0 aliphatic rings. The van der Waals surface area contributed by atoms with Crippen LogP contribution in [0.4, 0.5) is 0 Å². The molecule has 0 spiro atoms. The third-order valence-corrected chi connectivity index (χ3v) is 4.45. The average molecular weight is 461 g/mol. The summed E-state index contributed by atoms with van der Waals surface area (Å²) in [6.07, 6.45) is 0. The second kappa shape index (κ2) is 10.8. The molecule has 0 atom stereocenters. The maximum absolute atomic E-state index is 11.5. The van der Waals surface area contributed by atoms with Gasteiger partial charge in [-0.15, -0.1) is 12.4 Å². The molecular formula is C21H24Cl3NO4. The van der Waals surface area contributed by atoms with E-state index in [4.69, 9.17) is 32.7 Å². The first-order valence-electron chi connectivity index (χ1n) is 8.70. The lowest BCUT2D eigenvalue weighted by Crippen LogP contribution is -2.20. The summed E-state index contributed by atoms with van der Waals surface area (Å²) in [5.74, 6) is 0.0366. The van der Waals surface area contributed by atoms with Crippen LogP contribution in [-0.2, 0) is 22.7 Å². The summed E-state index contributed by atoms with van der Waals surface area (Å²) < 4.78 is 10.7. The Kier molecular flexibility index (Phi) is 9.43. The number of carbonyl (C=O) groups is 2. The van der Waals surface area contributed by atoms with Gasteiger partial charge in [0.2, 0.25) is 0 Å². The standard InChI is InChI=1S/C21H23Cl2NO4.ClH/c1-12-6-13(2)20(27-14(3)25)16(7-12)10-24(5)11-17-8-18(22)9-19(23)21(17)28-15(4)26;/h6-9H,10-11H2,1-5H3;1H. The molecule has 2 aromatic carbocycles. The van der Waals surface area contributed by atoms with Crippen molar-refractivity contribution in [2.75, 3.05) is 7.05 Å². The van der Waals surface area contributed by atoms with Gasteiger partial charge in [0.25, 0.3) is 0 Å². The number of aryl methyl sites for hydroxylation is 2. The first-order chi connectivity index (χ1) is 13.1. The zero-order chi connectivity index (χ0) is 21.0. The molecule has 0 unspecified atom stereocenters. The van der Waals surface area contributed by atoms with Crippen LogP contribution in [0.15, 0.2) is 24.3 Å². The average Bonchev–Trinajstić information content (AvgIpc) is 2.53.